The Hall–Kier alpha value is -1.29. The molecule has 1 aliphatic rings. The first-order valence-corrected chi connectivity index (χ1v) is 4.86. The third-order valence-corrected chi connectivity index (χ3v) is 2.91. The smallest absolute Gasteiger partial charge is 0.0662 e. The van der Waals surface area contributed by atoms with Crippen LogP contribution in [0.15, 0.2) is 30.3 Å². The summed E-state index contributed by atoms with van der Waals surface area (Å²) in [6.07, 6.45) is 3.47. The van der Waals surface area contributed by atoms with Crippen molar-refractivity contribution < 1.29 is 0 Å². The summed E-state index contributed by atoms with van der Waals surface area (Å²) in [6.45, 7) is 0. The van der Waals surface area contributed by atoms with Gasteiger partial charge in [-0.2, -0.15) is 5.26 Å². The van der Waals surface area contributed by atoms with Gasteiger partial charge in [-0.3, -0.25) is 0 Å². The van der Waals surface area contributed by atoms with Gasteiger partial charge < -0.3 is 0 Å². The molecule has 0 unspecified atom stereocenters. The van der Waals surface area contributed by atoms with Crippen LogP contribution in [0, 0.1) is 17.2 Å². The molecule has 0 spiro atoms. The fourth-order valence-corrected chi connectivity index (χ4v) is 2.21. The highest BCUT2D eigenvalue weighted by atomic mass is 14.4. The van der Waals surface area contributed by atoms with Crippen molar-refractivity contribution in [3.8, 4) is 6.07 Å². The van der Waals surface area contributed by atoms with Crippen LogP contribution < -0.4 is 0 Å². The molecule has 1 fully saturated rings. The highest BCUT2D eigenvalue weighted by molar-refractivity contribution is 5.23. The molecular formula is C12H13N. The molecule has 0 heterocycles. The van der Waals surface area contributed by atoms with Gasteiger partial charge in [0.15, 0.2) is 0 Å². The molecule has 0 aromatic heterocycles. The zero-order valence-corrected chi connectivity index (χ0v) is 7.61. The monoisotopic (exact) mass is 171 g/mol. The Morgan fingerprint density at radius 2 is 1.92 bits per heavy atom. The van der Waals surface area contributed by atoms with Gasteiger partial charge >= 0.3 is 0 Å². The second-order valence-electron chi connectivity index (χ2n) is 3.68. The third-order valence-electron chi connectivity index (χ3n) is 2.91. The second kappa shape index (κ2) is 3.62. The molecule has 0 saturated heterocycles. The van der Waals surface area contributed by atoms with Crippen molar-refractivity contribution in [3.05, 3.63) is 35.9 Å². The van der Waals surface area contributed by atoms with E-state index in [1.165, 1.54) is 18.4 Å². The first-order valence-electron chi connectivity index (χ1n) is 4.86. The fraction of sp³-hybridized carbons (Fsp3) is 0.417. The molecule has 66 valence electrons. The summed E-state index contributed by atoms with van der Waals surface area (Å²) in [4.78, 5) is 0. The molecule has 0 aliphatic heterocycles. The van der Waals surface area contributed by atoms with E-state index in [0.717, 1.165) is 6.42 Å². The maximum Gasteiger partial charge on any atom is 0.0662 e. The van der Waals surface area contributed by atoms with E-state index in [1.54, 1.807) is 0 Å². The van der Waals surface area contributed by atoms with Gasteiger partial charge in [0.1, 0.15) is 0 Å². The van der Waals surface area contributed by atoms with Gasteiger partial charge in [-0.05, 0) is 24.3 Å². The lowest BCUT2D eigenvalue weighted by molar-refractivity contribution is 0.603. The van der Waals surface area contributed by atoms with Crippen LogP contribution in [-0.2, 0) is 0 Å². The quantitative estimate of drug-likeness (QED) is 0.637. The Balaban J connectivity index is 2.22. The van der Waals surface area contributed by atoms with Gasteiger partial charge in [-0.25, -0.2) is 0 Å². The summed E-state index contributed by atoms with van der Waals surface area (Å²) in [7, 11) is 0. The second-order valence-corrected chi connectivity index (χ2v) is 3.68. The maximum atomic E-state index is 8.95. The summed E-state index contributed by atoms with van der Waals surface area (Å²) in [5.74, 6) is 0.744. The normalized spacial score (nSPS) is 27.0. The van der Waals surface area contributed by atoms with Crippen molar-refractivity contribution in [2.45, 2.75) is 25.2 Å². The van der Waals surface area contributed by atoms with E-state index in [4.69, 9.17) is 5.26 Å². The Bertz CT molecular complexity index is 310. The SMILES string of the molecule is N#C[C@@H]1CCC[C@@H]1c1ccccc1. The molecular weight excluding hydrogens is 158 g/mol. The van der Waals surface area contributed by atoms with E-state index in [1.807, 2.05) is 6.07 Å². The van der Waals surface area contributed by atoms with E-state index in [-0.39, 0.29) is 5.92 Å². The van der Waals surface area contributed by atoms with Gasteiger partial charge in [-0.15, -0.1) is 0 Å². The van der Waals surface area contributed by atoms with E-state index >= 15 is 0 Å². The lowest BCUT2D eigenvalue weighted by atomic mass is 9.90. The Kier molecular flexibility index (Phi) is 2.31. The number of hydrogen-bond donors (Lipinski definition) is 0. The zero-order chi connectivity index (χ0) is 9.10. The summed E-state index contributed by atoms with van der Waals surface area (Å²) in [6, 6.07) is 12.8. The molecule has 1 aromatic carbocycles. The van der Waals surface area contributed by atoms with Crippen LogP contribution in [0.4, 0.5) is 0 Å². The number of nitrogens with zero attached hydrogens (tertiary/aromatic N) is 1. The van der Waals surface area contributed by atoms with Crippen LogP contribution in [0.2, 0.25) is 0 Å². The predicted molar refractivity (Wildman–Crippen MR) is 52.1 cm³/mol. The Morgan fingerprint density at radius 1 is 1.15 bits per heavy atom. The largest absolute Gasteiger partial charge is 0.198 e. The summed E-state index contributed by atoms with van der Waals surface area (Å²) < 4.78 is 0. The molecule has 1 aliphatic carbocycles. The minimum atomic E-state index is 0.252. The number of hydrogen-bond acceptors (Lipinski definition) is 1. The van der Waals surface area contributed by atoms with E-state index in [9.17, 15) is 0 Å². The zero-order valence-electron chi connectivity index (χ0n) is 7.61. The van der Waals surface area contributed by atoms with Crippen molar-refractivity contribution in [3.63, 3.8) is 0 Å². The minimum Gasteiger partial charge on any atom is -0.198 e. The van der Waals surface area contributed by atoms with Gasteiger partial charge in [0.25, 0.3) is 0 Å². The van der Waals surface area contributed by atoms with Gasteiger partial charge in [0.2, 0.25) is 0 Å². The van der Waals surface area contributed by atoms with Crippen LogP contribution in [-0.4, -0.2) is 0 Å². The number of nitriles is 1. The molecule has 0 radical (unpaired) electrons. The van der Waals surface area contributed by atoms with Crippen LogP contribution >= 0.6 is 0 Å². The van der Waals surface area contributed by atoms with E-state index in [0.29, 0.717) is 5.92 Å². The van der Waals surface area contributed by atoms with Crippen molar-refractivity contribution in [1.82, 2.24) is 0 Å². The minimum absolute atomic E-state index is 0.252. The predicted octanol–water partition coefficient (Wildman–Crippen LogP) is 3.09. The average Bonchev–Trinajstić information content (AvgIpc) is 2.67. The third kappa shape index (κ3) is 1.58. The molecule has 1 nitrogen and oxygen atoms in total. The molecule has 2 rings (SSSR count). The standard InChI is InChI=1S/C12H13N/c13-9-11-7-4-8-12(11)10-5-2-1-3-6-10/h1-3,5-6,11-12H,4,7-8H2/t11-,12+/m0/s1. The molecule has 1 aromatic rings. The lowest BCUT2D eigenvalue weighted by Crippen LogP contribution is -2.02. The lowest BCUT2D eigenvalue weighted by Gasteiger charge is -2.12. The summed E-state index contributed by atoms with van der Waals surface area (Å²) >= 11 is 0. The van der Waals surface area contributed by atoms with Crippen molar-refractivity contribution in [2.24, 2.45) is 5.92 Å². The highest BCUT2D eigenvalue weighted by Gasteiger charge is 2.27. The molecule has 2 atom stereocenters. The van der Waals surface area contributed by atoms with Crippen molar-refractivity contribution >= 4 is 0 Å². The summed E-state index contributed by atoms with van der Waals surface area (Å²) in [5.41, 5.74) is 1.34. The van der Waals surface area contributed by atoms with Gasteiger partial charge in [-0.1, -0.05) is 36.8 Å². The van der Waals surface area contributed by atoms with Crippen LogP contribution in [0.5, 0.6) is 0 Å². The molecule has 13 heavy (non-hydrogen) atoms. The van der Waals surface area contributed by atoms with E-state index < -0.39 is 0 Å². The highest BCUT2D eigenvalue weighted by Crippen LogP contribution is 2.38. The van der Waals surface area contributed by atoms with Crippen LogP contribution in [0.3, 0.4) is 0 Å². The fourth-order valence-electron chi connectivity index (χ4n) is 2.21. The van der Waals surface area contributed by atoms with E-state index in [2.05, 4.69) is 30.3 Å². The number of benzene rings is 1. The Morgan fingerprint density at radius 3 is 2.62 bits per heavy atom. The molecule has 1 heteroatoms. The van der Waals surface area contributed by atoms with Crippen LogP contribution in [0.1, 0.15) is 30.7 Å². The van der Waals surface area contributed by atoms with Crippen molar-refractivity contribution in [2.75, 3.05) is 0 Å². The maximum absolute atomic E-state index is 8.95. The van der Waals surface area contributed by atoms with Crippen LogP contribution in [0.25, 0.3) is 0 Å². The van der Waals surface area contributed by atoms with Gasteiger partial charge in [0, 0.05) is 0 Å². The summed E-state index contributed by atoms with van der Waals surface area (Å²) in [5, 5.41) is 8.95. The van der Waals surface area contributed by atoms with Gasteiger partial charge in [0.05, 0.1) is 12.0 Å². The first-order chi connectivity index (χ1) is 6.42. The molecule has 1 saturated carbocycles. The number of rotatable bonds is 1. The Labute approximate surface area is 79.0 Å². The molecule has 0 bridgehead atoms. The average molecular weight is 171 g/mol. The molecule has 0 amide bonds. The molecule has 0 N–H and O–H groups in total. The topological polar surface area (TPSA) is 23.8 Å². The van der Waals surface area contributed by atoms with Crippen molar-refractivity contribution in [1.29, 1.82) is 5.26 Å². The first kappa shape index (κ1) is 8.31.